The molecule has 1 rings (SSSR count). The SMILES string of the molecule is CC(O)(c1cccc(CO[Si](C)(C)C(C)(C)C)n1)C(F)(F)F. The maximum absolute atomic E-state index is 12.9. The lowest BCUT2D eigenvalue weighted by molar-refractivity contribution is -0.260. The highest BCUT2D eigenvalue weighted by atomic mass is 28.4. The second-order valence-corrected chi connectivity index (χ2v) is 11.9. The van der Waals surface area contributed by atoms with Crippen molar-refractivity contribution in [2.45, 2.75) is 64.2 Å². The van der Waals surface area contributed by atoms with Gasteiger partial charge in [-0.15, -0.1) is 0 Å². The van der Waals surface area contributed by atoms with Gasteiger partial charge in [0.1, 0.15) is 0 Å². The monoisotopic (exact) mass is 335 g/mol. The molecule has 1 aromatic heterocycles. The largest absolute Gasteiger partial charge is 0.422 e. The summed E-state index contributed by atoms with van der Waals surface area (Å²) in [6.07, 6.45) is -4.78. The first kappa shape index (κ1) is 19.1. The van der Waals surface area contributed by atoms with E-state index in [0.29, 0.717) is 12.6 Å². The first-order valence-electron chi connectivity index (χ1n) is 7.08. The third-order valence-corrected chi connectivity index (χ3v) is 8.72. The van der Waals surface area contributed by atoms with Gasteiger partial charge < -0.3 is 9.53 Å². The summed E-state index contributed by atoms with van der Waals surface area (Å²) in [6.45, 7) is 11.2. The van der Waals surface area contributed by atoms with Crippen LogP contribution in [0.5, 0.6) is 0 Å². The Balaban J connectivity index is 2.96. The van der Waals surface area contributed by atoms with E-state index in [4.69, 9.17) is 4.43 Å². The molecule has 3 nitrogen and oxygen atoms in total. The Hall–Kier alpha value is -0.923. The summed E-state index contributed by atoms with van der Waals surface area (Å²) in [5.41, 5.74) is -3.01. The van der Waals surface area contributed by atoms with Gasteiger partial charge in [-0.1, -0.05) is 26.8 Å². The lowest BCUT2D eigenvalue weighted by Crippen LogP contribution is -2.41. The van der Waals surface area contributed by atoms with Crippen molar-refractivity contribution < 1.29 is 22.7 Å². The van der Waals surface area contributed by atoms with Gasteiger partial charge in [0.25, 0.3) is 0 Å². The van der Waals surface area contributed by atoms with Crippen LogP contribution in [0.1, 0.15) is 39.1 Å². The van der Waals surface area contributed by atoms with E-state index < -0.39 is 25.8 Å². The van der Waals surface area contributed by atoms with Gasteiger partial charge in [-0.2, -0.15) is 13.2 Å². The average molecular weight is 335 g/mol. The number of rotatable bonds is 4. The Morgan fingerprint density at radius 3 is 2.14 bits per heavy atom. The molecule has 22 heavy (non-hydrogen) atoms. The highest BCUT2D eigenvalue weighted by Crippen LogP contribution is 2.38. The molecule has 0 aliphatic carbocycles. The van der Waals surface area contributed by atoms with E-state index in [9.17, 15) is 18.3 Å². The predicted molar refractivity (Wildman–Crippen MR) is 81.8 cm³/mol. The maximum atomic E-state index is 12.9. The summed E-state index contributed by atoms with van der Waals surface area (Å²) < 4.78 is 44.6. The van der Waals surface area contributed by atoms with Crippen molar-refractivity contribution in [2.24, 2.45) is 0 Å². The van der Waals surface area contributed by atoms with Gasteiger partial charge in [0.15, 0.2) is 13.9 Å². The van der Waals surface area contributed by atoms with Crippen molar-refractivity contribution >= 4 is 8.32 Å². The summed E-state index contributed by atoms with van der Waals surface area (Å²) in [5.74, 6) is 0. The zero-order valence-electron chi connectivity index (χ0n) is 13.9. The average Bonchev–Trinajstić information content (AvgIpc) is 2.34. The van der Waals surface area contributed by atoms with Gasteiger partial charge >= 0.3 is 6.18 Å². The maximum Gasteiger partial charge on any atom is 0.422 e. The molecule has 1 heterocycles. The number of aliphatic hydroxyl groups is 1. The van der Waals surface area contributed by atoms with E-state index in [1.54, 1.807) is 6.07 Å². The number of pyridine rings is 1. The summed E-state index contributed by atoms with van der Waals surface area (Å²) in [4.78, 5) is 3.92. The summed E-state index contributed by atoms with van der Waals surface area (Å²) in [7, 11) is -2.01. The Bertz CT molecular complexity index is 522. The fourth-order valence-corrected chi connectivity index (χ4v) is 2.39. The van der Waals surface area contributed by atoms with Crippen LogP contribution in [0, 0.1) is 0 Å². The number of hydrogen-bond donors (Lipinski definition) is 1. The second kappa shape index (κ2) is 5.94. The van der Waals surface area contributed by atoms with E-state index in [1.165, 1.54) is 12.1 Å². The number of nitrogens with zero attached hydrogens (tertiary/aromatic N) is 1. The molecule has 0 radical (unpaired) electrons. The minimum atomic E-state index is -4.78. The molecule has 0 spiro atoms. The third kappa shape index (κ3) is 4.08. The molecule has 0 aliphatic heterocycles. The summed E-state index contributed by atoms with van der Waals surface area (Å²) in [5, 5.41) is 9.69. The van der Waals surface area contributed by atoms with Gasteiger partial charge in [-0.05, 0) is 37.2 Å². The Morgan fingerprint density at radius 2 is 1.68 bits per heavy atom. The van der Waals surface area contributed by atoms with Crippen molar-refractivity contribution in [3.05, 3.63) is 29.6 Å². The van der Waals surface area contributed by atoms with Crippen molar-refractivity contribution in [2.75, 3.05) is 0 Å². The van der Waals surface area contributed by atoms with E-state index in [2.05, 4.69) is 38.8 Å². The molecule has 0 aliphatic rings. The van der Waals surface area contributed by atoms with Crippen LogP contribution in [0.15, 0.2) is 18.2 Å². The Labute approximate surface area is 130 Å². The highest BCUT2D eigenvalue weighted by Gasteiger charge is 2.52. The zero-order valence-corrected chi connectivity index (χ0v) is 14.9. The molecule has 0 saturated carbocycles. The lowest BCUT2D eigenvalue weighted by Gasteiger charge is -2.36. The second-order valence-electron chi connectivity index (χ2n) is 7.13. The van der Waals surface area contributed by atoms with E-state index in [1.807, 2.05) is 0 Å². The topological polar surface area (TPSA) is 42.4 Å². The lowest BCUT2D eigenvalue weighted by atomic mass is 10.0. The van der Waals surface area contributed by atoms with Crippen LogP contribution in [0.4, 0.5) is 13.2 Å². The quantitative estimate of drug-likeness (QED) is 0.831. The Kier molecular flexibility index (Phi) is 5.16. The first-order valence-corrected chi connectivity index (χ1v) is 9.99. The third-order valence-electron chi connectivity index (χ3n) is 4.24. The normalized spacial score (nSPS) is 16.5. The van der Waals surface area contributed by atoms with Crippen LogP contribution in [0.3, 0.4) is 0 Å². The van der Waals surface area contributed by atoms with E-state index in [-0.39, 0.29) is 11.6 Å². The van der Waals surface area contributed by atoms with Crippen molar-refractivity contribution in [1.82, 2.24) is 4.98 Å². The van der Waals surface area contributed by atoms with Crippen LogP contribution < -0.4 is 0 Å². The van der Waals surface area contributed by atoms with E-state index >= 15 is 0 Å². The van der Waals surface area contributed by atoms with Crippen LogP contribution >= 0.6 is 0 Å². The van der Waals surface area contributed by atoms with Gasteiger partial charge in [-0.25, -0.2) is 0 Å². The molecule has 126 valence electrons. The Morgan fingerprint density at radius 1 is 1.14 bits per heavy atom. The van der Waals surface area contributed by atoms with Crippen LogP contribution in [0.2, 0.25) is 18.1 Å². The minimum absolute atomic E-state index is 0.00206. The molecule has 0 bridgehead atoms. The van der Waals surface area contributed by atoms with Crippen molar-refractivity contribution in [3.63, 3.8) is 0 Å². The molecule has 1 aromatic rings. The molecule has 0 amide bonds. The number of aromatic nitrogens is 1. The molecular weight excluding hydrogens is 311 g/mol. The molecule has 1 unspecified atom stereocenters. The summed E-state index contributed by atoms with van der Waals surface area (Å²) in [6, 6.07) is 4.22. The molecule has 0 fully saturated rings. The fraction of sp³-hybridized carbons (Fsp3) is 0.667. The molecule has 7 heteroatoms. The highest BCUT2D eigenvalue weighted by molar-refractivity contribution is 6.74. The zero-order chi connectivity index (χ0) is 17.4. The number of halogens is 3. The molecule has 1 atom stereocenters. The number of hydrogen-bond acceptors (Lipinski definition) is 3. The smallest absolute Gasteiger partial charge is 0.411 e. The van der Waals surface area contributed by atoms with Crippen molar-refractivity contribution in [1.29, 1.82) is 0 Å². The summed E-state index contributed by atoms with van der Waals surface area (Å²) >= 11 is 0. The van der Waals surface area contributed by atoms with Crippen LogP contribution in [0.25, 0.3) is 0 Å². The van der Waals surface area contributed by atoms with Crippen LogP contribution in [-0.2, 0) is 16.6 Å². The van der Waals surface area contributed by atoms with E-state index in [0.717, 1.165) is 0 Å². The van der Waals surface area contributed by atoms with Crippen LogP contribution in [-0.4, -0.2) is 24.6 Å². The first-order chi connectivity index (χ1) is 9.68. The molecular formula is C15H24F3NO2Si. The predicted octanol–water partition coefficient (Wildman–Crippen LogP) is 4.37. The molecule has 0 aromatic carbocycles. The minimum Gasteiger partial charge on any atom is -0.411 e. The molecule has 1 N–H and O–H groups in total. The number of alkyl halides is 3. The van der Waals surface area contributed by atoms with Gasteiger partial charge in [-0.3, -0.25) is 4.98 Å². The van der Waals surface area contributed by atoms with Gasteiger partial charge in [0, 0.05) is 0 Å². The van der Waals surface area contributed by atoms with Gasteiger partial charge in [0.05, 0.1) is 18.0 Å². The van der Waals surface area contributed by atoms with Crippen molar-refractivity contribution in [3.8, 4) is 0 Å². The van der Waals surface area contributed by atoms with Gasteiger partial charge in [0.2, 0.25) is 0 Å². The standard InChI is InChI=1S/C15H24F3NO2Si/c1-13(2,3)22(5,6)21-10-11-8-7-9-12(19-11)14(4,20)15(16,17)18/h7-9,20H,10H2,1-6H3. The fourth-order valence-electron chi connectivity index (χ4n) is 1.45. The molecule has 0 saturated heterocycles.